The number of hydrogen-bond donors (Lipinski definition) is 3. The predicted molar refractivity (Wildman–Crippen MR) is 59.7 cm³/mol. The van der Waals surface area contributed by atoms with E-state index in [0.717, 1.165) is 0 Å². The molecular formula is C9H11ClN4O2. The molecule has 0 saturated carbocycles. The molecule has 0 radical (unpaired) electrons. The highest BCUT2D eigenvalue weighted by molar-refractivity contribution is 6.29. The quantitative estimate of drug-likeness (QED) is 0.639. The third kappa shape index (κ3) is 3.84. The second kappa shape index (κ2) is 5.43. The lowest BCUT2D eigenvalue weighted by atomic mass is 10.2. The smallest absolute Gasteiger partial charge is 0.241 e. The number of rotatable bonds is 4. The van der Waals surface area contributed by atoms with E-state index in [0.29, 0.717) is 5.69 Å². The van der Waals surface area contributed by atoms with Crippen LogP contribution in [-0.4, -0.2) is 22.8 Å². The van der Waals surface area contributed by atoms with Crippen molar-refractivity contribution in [2.75, 3.05) is 5.32 Å². The number of anilines is 1. The van der Waals surface area contributed by atoms with Gasteiger partial charge in [-0.25, -0.2) is 4.98 Å². The molecule has 0 aliphatic rings. The molecule has 86 valence electrons. The molecule has 1 unspecified atom stereocenters. The molecule has 5 N–H and O–H groups in total. The average Bonchev–Trinajstić information content (AvgIpc) is 2.16. The first-order chi connectivity index (χ1) is 7.49. The monoisotopic (exact) mass is 242 g/mol. The van der Waals surface area contributed by atoms with E-state index in [4.69, 9.17) is 23.1 Å². The van der Waals surface area contributed by atoms with Gasteiger partial charge in [0, 0.05) is 11.9 Å². The van der Waals surface area contributed by atoms with Gasteiger partial charge in [-0.1, -0.05) is 11.6 Å². The summed E-state index contributed by atoms with van der Waals surface area (Å²) >= 11 is 5.62. The minimum atomic E-state index is -0.968. The van der Waals surface area contributed by atoms with Crippen LogP contribution >= 0.6 is 11.6 Å². The number of carbonyl (C=O) groups excluding carboxylic acids is 2. The lowest BCUT2D eigenvalue weighted by Gasteiger charge is -2.10. The Morgan fingerprint density at radius 2 is 2.25 bits per heavy atom. The Bertz CT molecular complexity index is 410. The first-order valence-electron chi connectivity index (χ1n) is 4.45. The normalized spacial score (nSPS) is 11.9. The molecule has 0 aromatic carbocycles. The van der Waals surface area contributed by atoms with Gasteiger partial charge >= 0.3 is 0 Å². The number of halogens is 1. The van der Waals surface area contributed by atoms with Gasteiger partial charge in [-0.15, -0.1) is 0 Å². The van der Waals surface area contributed by atoms with Crippen LogP contribution in [0.15, 0.2) is 18.3 Å². The molecule has 1 heterocycles. The van der Waals surface area contributed by atoms with Crippen molar-refractivity contribution < 1.29 is 9.59 Å². The molecule has 0 spiro atoms. The van der Waals surface area contributed by atoms with Crippen LogP contribution in [0, 0.1) is 0 Å². The third-order valence-corrected chi connectivity index (χ3v) is 1.96. The predicted octanol–water partition coefficient (Wildman–Crippen LogP) is -0.124. The second-order valence-electron chi connectivity index (χ2n) is 3.13. The fourth-order valence-corrected chi connectivity index (χ4v) is 1.20. The molecule has 1 aromatic rings. The molecule has 2 amide bonds. The molecular weight excluding hydrogens is 232 g/mol. The van der Waals surface area contributed by atoms with E-state index < -0.39 is 17.9 Å². The lowest BCUT2D eigenvalue weighted by Crippen LogP contribution is -2.38. The van der Waals surface area contributed by atoms with E-state index in [1.54, 1.807) is 6.07 Å². The zero-order valence-corrected chi connectivity index (χ0v) is 9.07. The Kier molecular flexibility index (Phi) is 4.21. The number of nitrogens with one attached hydrogen (secondary N) is 1. The summed E-state index contributed by atoms with van der Waals surface area (Å²) in [4.78, 5) is 25.8. The molecule has 1 aromatic heterocycles. The van der Waals surface area contributed by atoms with Gasteiger partial charge in [0.1, 0.15) is 5.15 Å². The zero-order valence-electron chi connectivity index (χ0n) is 8.31. The number of primary amides is 1. The Balaban J connectivity index is 2.60. The van der Waals surface area contributed by atoms with Crippen molar-refractivity contribution in [3.63, 3.8) is 0 Å². The fourth-order valence-electron chi connectivity index (χ4n) is 1.02. The van der Waals surface area contributed by atoms with E-state index in [1.165, 1.54) is 12.3 Å². The maximum atomic E-state index is 11.5. The molecule has 1 rings (SSSR count). The number of pyridine rings is 1. The SMILES string of the molecule is NC(=O)CC(N)C(=O)Nc1ccnc(Cl)c1. The lowest BCUT2D eigenvalue weighted by molar-refractivity contribution is -0.123. The molecule has 0 fully saturated rings. The van der Waals surface area contributed by atoms with Crippen molar-refractivity contribution >= 4 is 29.1 Å². The number of nitrogens with two attached hydrogens (primary N) is 2. The number of nitrogens with zero attached hydrogens (tertiary/aromatic N) is 1. The minimum Gasteiger partial charge on any atom is -0.370 e. The second-order valence-corrected chi connectivity index (χ2v) is 3.52. The molecule has 0 saturated heterocycles. The highest BCUT2D eigenvalue weighted by atomic mass is 35.5. The Morgan fingerprint density at radius 1 is 1.56 bits per heavy atom. The summed E-state index contributed by atoms with van der Waals surface area (Å²) in [7, 11) is 0. The van der Waals surface area contributed by atoms with Crippen molar-refractivity contribution in [2.45, 2.75) is 12.5 Å². The number of carbonyl (C=O) groups is 2. The van der Waals surface area contributed by atoms with Crippen LogP contribution in [0.5, 0.6) is 0 Å². The van der Waals surface area contributed by atoms with Gasteiger partial charge in [-0.3, -0.25) is 9.59 Å². The summed E-state index contributed by atoms with van der Waals surface area (Å²) in [6.45, 7) is 0. The molecule has 1 atom stereocenters. The molecule has 6 nitrogen and oxygen atoms in total. The molecule has 7 heteroatoms. The summed E-state index contributed by atoms with van der Waals surface area (Å²) in [6.07, 6.45) is 1.24. The zero-order chi connectivity index (χ0) is 12.1. The Morgan fingerprint density at radius 3 is 2.81 bits per heavy atom. The highest BCUT2D eigenvalue weighted by Gasteiger charge is 2.15. The summed E-state index contributed by atoms with van der Waals surface area (Å²) in [6, 6.07) is 2.06. The van der Waals surface area contributed by atoms with Crippen LogP contribution in [0.2, 0.25) is 5.15 Å². The number of amides is 2. The Hall–Kier alpha value is -1.66. The van der Waals surface area contributed by atoms with Crippen LogP contribution in [0.1, 0.15) is 6.42 Å². The molecule has 0 bridgehead atoms. The largest absolute Gasteiger partial charge is 0.370 e. The van der Waals surface area contributed by atoms with Gasteiger partial charge in [0.25, 0.3) is 0 Å². The van der Waals surface area contributed by atoms with E-state index in [9.17, 15) is 9.59 Å². The van der Waals surface area contributed by atoms with Gasteiger partial charge in [0.2, 0.25) is 11.8 Å². The van der Waals surface area contributed by atoms with E-state index in [-0.39, 0.29) is 11.6 Å². The Labute approximate surface area is 97.0 Å². The van der Waals surface area contributed by atoms with Gasteiger partial charge in [-0.2, -0.15) is 0 Å². The topological polar surface area (TPSA) is 111 Å². The first kappa shape index (κ1) is 12.4. The van der Waals surface area contributed by atoms with Crippen LogP contribution in [0.3, 0.4) is 0 Å². The standard InChI is InChI=1S/C9H11ClN4O2/c10-7-3-5(1-2-13-7)14-9(16)6(11)4-8(12)15/h1-3,6H,4,11H2,(H2,12,15)(H,13,14,16). The van der Waals surface area contributed by atoms with Crippen LogP contribution in [0.25, 0.3) is 0 Å². The van der Waals surface area contributed by atoms with Crippen LogP contribution < -0.4 is 16.8 Å². The van der Waals surface area contributed by atoms with Crippen LogP contribution in [0.4, 0.5) is 5.69 Å². The summed E-state index contributed by atoms with van der Waals surface area (Å²) in [5, 5.41) is 2.74. The van der Waals surface area contributed by atoms with Crippen molar-refractivity contribution in [2.24, 2.45) is 11.5 Å². The minimum absolute atomic E-state index is 0.204. The van der Waals surface area contributed by atoms with Crippen LogP contribution in [-0.2, 0) is 9.59 Å². The molecule has 0 aliphatic carbocycles. The van der Waals surface area contributed by atoms with Crippen molar-refractivity contribution in [1.29, 1.82) is 0 Å². The van der Waals surface area contributed by atoms with E-state index >= 15 is 0 Å². The summed E-state index contributed by atoms with van der Waals surface area (Å²) < 4.78 is 0. The first-order valence-corrected chi connectivity index (χ1v) is 4.83. The highest BCUT2D eigenvalue weighted by Crippen LogP contribution is 2.12. The van der Waals surface area contributed by atoms with E-state index in [1.807, 2.05) is 0 Å². The van der Waals surface area contributed by atoms with Gasteiger partial charge in [0.05, 0.1) is 12.5 Å². The average molecular weight is 243 g/mol. The van der Waals surface area contributed by atoms with Gasteiger partial charge in [-0.05, 0) is 12.1 Å². The van der Waals surface area contributed by atoms with Gasteiger partial charge < -0.3 is 16.8 Å². The molecule has 0 aliphatic heterocycles. The number of hydrogen-bond acceptors (Lipinski definition) is 4. The summed E-state index contributed by atoms with van der Waals surface area (Å²) in [5.41, 5.74) is 10.8. The third-order valence-electron chi connectivity index (χ3n) is 1.75. The van der Waals surface area contributed by atoms with Gasteiger partial charge in [0.15, 0.2) is 0 Å². The van der Waals surface area contributed by atoms with Crippen molar-refractivity contribution in [3.05, 3.63) is 23.5 Å². The van der Waals surface area contributed by atoms with E-state index in [2.05, 4.69) is 10.3 Å². The maximum absolute atomic E-state index is 11.5. The summed E-state index contributed by atoms with van der Waals surface area (Å²) in [5.74, 6) is -1.13. The fraction of sp³-hybridized carbons (Fsp3) is 0.222. The number of aromatic nitrogens is 1. The molecule has 16 heavy (non-hydrogen) atoms. The van der Waals surface area contributed by atoms with Crippen molar-refractivity contribution in [1.82, 2.24) is 4.98 Å². The maximum Gasteiger partial charge on any atom is 0.241 e. The van der Waals surface area contributed by atoms with Crippen molar-refractivity contribution in [3.8, 4) is 0 Å².